The Hall–Kier alpha value is -3.63. The number of hydrogen-bond donors (Lipinski definition) is 2. The molecular formula is C25H27N9S. The normalized spacial score (nSPS) is 14.7. The van der Waals surface area contributed by atoms with Crippen molar-refractivity contribution in [2.75, 3.05) is 43.4 Å². The summed E-state index contributed by atoms with van der Waals surface area (Å²) in [5.74, 6) is 2.97. The third-order valence-electron chi connectivity index (χ3n) is 6.21. The first kappa shape index (κ1) is 21.9. The number of fused-ring (bicyclic) bond motifs is 2. The number of rotatable bonds is 6. The number of piperazine rings is 1. The Kier molecular flexibility index (Phi) is 5.75. The largest absolute Gasteiger partial charge is 0.369 e. The second-order valence-corrected chi connectivity index (χ2v) is 9.78. The van der Waals surface area contributed by atoms with E-state index in [1.54, 1.807) is 4.52 Å². The molecule has 1 aliphatic heterocycles. The molecule has 0 aliphatic carbocycles. The molecule has 5 aromatic rings. The number of nitrogens with zero attached hydrogens (tertiary/aromatic N) is 7. The Morgan fingerprint density at radius 2 is 1.77 bits per heavy atom. The number of para-hydroxylation sites is 2. The lowest BCUT2D eigenvalue weighted by Gasteiger charge is -2.34. The van der Waals surface area contributed by atoms with Gasteiger partial charge in [-0.05, 0) is 50.4 Å². The molecule has 0 bridgehead atoms. The fourth-order valence-corrected chi connectivity index (χ4v) is 4.98. The highest BCUT2D eigenvalue weighted by molar-refractivity contribution is 7.98. The van der Waals surface area contributed by atoms with Gasteiger partial charge in [0.2, 0.25) is 5.16 Å². The summed E-state index contributed by atoms with van der Waals surface area (Å²) in [5, 5.41) is 8.87. The maximum absolute atomic E-state index is 4.71. The van der Waals surface area contributed by atoms with Gasteiger partial charge in [0.05, 0.1) is 16.8 Å². The van der Waals surface area contributed by atoms with E-state index in [1.165, 1.54) is 17.4 Å². The summed E-state index contributed by atoms with van der Waals surface area (Å²) in [7, 11) is 2.18. The van der Waals surface area contributed by atoms with Crippen LogP contribution in [0.4, 0.5) is 17.2 Å². The Morgan fingerprint density at radius 3 is 2.57 bits per heavy atom. The number of aromatic amines is 1. The lowest BCUT2D eigenvalue weighted by atomic mass is 10.2. The van der Waals surface area contributed by atoms with Crippen LogP contribution in [-0.2, 0) is 5.75 Å². The summed E-state index contributed by atoms with van der Waals surface area (Å²) in [6.07, 6.45) is 0. The molecule has 9 nitrogen and oxygen atoms in total. The van der Waals surface area contributed by atoms with Crippen LogP contribution in [0.1, 0.15) is 11.5 Å². The van der Waals surface area contributed by atoms with Crippen LogP contribution in [-0.4, -0.2) is 67.7 Å². The highest BCUT2D eigenvalue weighted by atomic mass is 32.2. The molecular weight excluding hydrogens is 458 g/mol. The van der Waals surface area contributed by atoms with Gasteiger partial charge in [-0.25, -0.2) is 9.97 Å². The van der Waals surface area contributed by atoms with Crippen LogP contribution in [0.5, 0.6) is 0 Å². The van der Waals surface area contributed by atoms with Crippen molar-refractivity contribution in [2.24, 2.45) is 0 Å². The van der Waals surface area contributed by atoms with E-state index in [0.29, 0.717) is 16.7 Å². The van der Waals surface area contributed by atoms with E-state index in [2.05, 4.69) is 66.4 Å². The van der Waals surface area contributed by atoms with E-state index in [0.717, 1.165) is 60.2 Å². The summed E-state index contributed by atoms with van der Waals surface area (Å²) in [5.41, 5.74) is 5.14. The zero-order valence-corrected chi connectivity index (χ0v) is 20.6. The number of thioether (sulfide) groups is 1. The lowest BCUT2D eigenvalue weighted by Crippen LogP contribution is -2.44. The van der Waals surface area contributed by atoms with Crippen LogP contribution < -0.4 is 10.2 Å². The molecule has 1 fully saturated rings. The SMILES string of the molecule is Cc1cc(Nc2ccc(N3CCN(C)CC3)cc2)n2nc(SCc3nc4ccccc4[nH]3)nc2n1. The third-order valence-corrected chi connectivity index (χ3v) is 7.05. The monoisotopic (exact) mass is 485 g/mol. The zero-order chi connectivity index (χ0) is 23.8. The van der Waals surface area contributed by atoms with E-state index in [1.807, 2.05) is 37.3 Å². The minimum Gasteiger partial charge on any atom is -0.369 e. The van der Waals surface area contributed by atoms with Crippen molar-refractivity contribution in [1.29, 1.82) is 0 Å². The van der Waals surface area contributed by atoms with Crippen LogP contribution in [0.2, 0.25) is 0 Å². The van der Waals surface area contributed by atoms with Crippen molar-refractivity contribution in [1.82, 2.24) is 34.4 Å². The molecule has 6 rings (SSSR count). The molecule has 0 unspecified atom stereocenters. The van der Waals surface area contributed by atoms with Crippen molar-refractivity contribution in [3.63, 3.8) is 0 Å². The fraction of sp³-hybridized carbons (Fsp3) is 0.280. The molecule has 0 radical (unpaired) electrons. The van der Waals surface area contributed by atoms with Crippen molar-refractivity contribution < 1.29 is 0 Å². The molecule has 10 heteroatoms. The summed E-state index contributed by atoms with van der Waals surface area (Å²) < 4.78 is 1.77. The van der Waals surface area contributed by atoms with Crippen LogP contribution >= 0.6 is 11.8 Å². The predicted molar refractivity (Wildman–Crippen MR) is 141 cm³/mol. The standard InChI is InChI=1S/C25H27N9S/c1-17-15-23(27-18-7-9-19(10-8-18)33-13-11-32(2)12-14-33)34-24(26-17)30-25(31-34)35-16-22-28-20-5-3-4-6-21(20)29-22/h3-10,15,27H,11-14,16H2,1-2H3,(H,28,29). The molecule has 1 aliphatic rings. The Morgan fingerprint density at radius 1 is 0.971 bits per heavy atom. The molecule has 2 aromatic carbocycles. The van der Waals surface area contributed by atoms with Crippen LogP contribution in [0.15, 0.2) is 59.8 Å². The van der Waals surface area contributed by atoms with Gasteiger partial charge in [0.25, 0.3) is 5.78 Å². The van der Waals surface area contributed by atoms with Gasteiger partial charge in [-0.15, -0.1) is 5.10 Å². The lowest BCUT2D eigenvalue weighted by molar-refractivity contribution is 0.313. The van der Waals surface area contributed by atoms with Crippen molar-refractivity contribution in [3.8, 4) is 0 Å². The average Bonchev–Trinajstić information content (AvgIpc) is 3.47. The number of aryl methyl sites for hydroxylation is 1. The number of likely N-dealkylation sites (N-methyl/N-ethyl adjacent to an activating group) is 1. The van der Waals surface area contributed by atoms with Crippen LogP contribution in [0, 0.1) is 6.92 Å². The number of aromatic nitrogens is 6. The third kappa shape index (κ3) is 4.67. The van der Waals surface area contributed by atoms with E-state index in [9.17, 15) is 0 Å². The number of hydrogen-bond acceptors (Lipinski definition) is 8. The first-order valence-corrected chi connectivity index (χ1v) is 12.7. The van der Waals surface area contributed by atoms with Gasteiger partial charge in [-0.2, -0.15) is 9.50 Å². The average molecular weight is 486 g/mol. The zero-order valence-electron chi connectivity index (χ0n) is 19.8. The topological polar surface area (TPSA) is 90.3 Å². The van der Waals surface area contributed by atoms with E-state index in [4.69, 9.17) is 5.10 Å². The van der Waals surface area contributed by atoms with E-state index >= 15 is 0 Å². The number of nitrogens with one attached hydrogen (secondary N) is 2. The van der Waals surface area contributed by atoms with Gasteiger partial charge >= 0.3 is 0 Å². The van der Waals surface area contributed by atoms with Gasteiger partial charge in [0.15, 0.2) is 0 Å². The smallest absolute Gasteiger partial charge is 0.255 e. The van der Waals surface area contributed by atoms with Gasteiger partial charge in [-0.3, -0.25) is 0 Å². The highest BCUT2D eigenvalue weighted by Crippen LogP contribution is 2.25. The molecule has 0 spiro atoms. The van der Waals surface area contributed by atoms with Crippen molar-refractivity contribution in [3.05, 3.63) is 66.1 Å². The first-order chi connectivity index (χ1) is 17.1. The minimum atomic E-state index is 0.577. The number of benzene rings is 2. The molecule has 2 N–H and O–H groups in total. The predicted octanol–water partition coefficient (Wildman–Crippen LogP) is 4.10. The van der Waals surface area contributed by atoms with Crippen molar-refractivity contribution in [2.45, 2.75) is 17.8 Å². The number of imidazole rings is 1. The summed E-state index contributed by atoms with van der Waals surface area (Å²) in [6.45, 7) is 6.27. The second-order valence-electron chi connectivity index (χ2n) is 8.84. The van der Waals surface area contributed by atoms with Gasteiger partial charge < -0.3 is 20.1 Å². The number of H-pyrrole nitrogens is 1. The molecule has 0 atom stereocenters. The van der Waals surface area contributed by atoms with Gasteiger partial charge in [0, 0.05) is 49.3 Å². The maximum atomic E-state index is 4.71. The molecule has 1 saturated heterocycles. The van der Waals surface area contributed by atoms with E-state index in [-0.39, 0.29) is 0 Å². The highest BCUT2D eigenvalue weighted by Gasteiger charge is 2.15. The van der Waals surface area contributed by atoms with Gasteiger partial charge in [-0.1, -0.05) is 23.9 Å². The van der Waals surface area contributed by atoms with E-state index < -0.39 is 0 Å². The first-order valence-electron chi connectivity index (χ1n) is 11.7. The Bertz CT molecular complexity index is 1430. The molecule has 0 amide bonds. The molecule has 3 aromatic heterocycles. The minimum absolute atomic E-state index is 0.577. The molecule has 178 valence electrons. The van der Waals surface area contributed by atoms with Crippen LogP contribution in [0.3, 0.4) is 0 Å². The Balaban J connectivity index is 1.19. The van der Waals surface area contributed by atoms with Gasteiger partial charge in [0.1, 0.15) is 11.6 Å². The second kappa shape index (κ2) is 9.20. The summed E-state index contributed by atoms with van der Waals surface area (Å²) in [6, 6.07) is 18.6. The quantitative estimate of drug-likeness (QED) is 0.348. The van der Waals surface area contributed by atoms with Crippen molar-refractivity contribution >= 4 is 45.8 Å². The number of anilines is 3. The van der Waals surface area contributed by atoms with Crippen LogP contribution in [0.25, 0.3) is 16.8 Å². The fourth-order valence-electron chi connectivity index (χ4n) is 4.29. The molecule has 0 saturated carbocycles. The summed E-state index contributed by atoms with van der Waals surface area (Å²) >= 11 is 1.54. The Labute approximate surface area is 207 Å². The molecule has 35 heavy (non-hydrogen) atoms. The maximum Gasteiger partial charge on any atom is 0.255 e. The molecule has 4 heterocycles. The summed E-state index contributed by atoms with van der Waals surface area (Å²) in [4.78, 5) is 22.0.